The number of amides is 3. The van der Waals surface area contributed by atoms with Crippen LogP contribution in [0.15, 0.2) is 75.9 Å². The van der Waals surface area contributed by atoms with Crippen molar-refractivity contribution in [2.24, 2.45) is 0 Å². The van der Waals surface area contributed by atoms with Gasteiger partial charge in [-0.2, -0.15) is 0 Å². The Morgan fingerprint density at radius 3 is 2.61 bits per heavy atom. The molecule has 0 bridgehead atoms. The molecule has 5 rings (SSSR count). The van der Waals surface area contributed by atoms with Crippen molar-refractivity contribution in [3.05, 3.63) is 89.6 Å². The van der Waals surface area contributed by atoms with E-state index >= 15 is 0 Å². The number of furan rings is 1. The minimum Gasteiger partial charge on any atom is -0.461 e. The van der Waals surface area contributed by atoms with E-state index in [0.717, 1.165) is 11.1 Å². The van der Waals surface area contributed by atoms with Gasteiger partial charge in [0.2, 0.25) is 5.76 Å². The number of hydrogen-bond donors (Lipinski definition) is 2. The number of nitrogens with zero attached hydrogens (tertiary/aromatic N) is 2. The molecule has 0 spiro atoms. The van der Waals surface area contributed by atoms with E-state index in [0.29, 0.717) is 36.7 Å². The smallest absolute Gasteiger partial charge is 0.323 e. The molecular formula is C24H19FN4O4. The van der Waals surface area contributed by atoms with Gasteiger partial charge in [0, 0.05) is 24.8 Å². The molecule has 166 valence electrons. The van der Waals surface area contributed by atoms with Crippen molar-refractivity contribution in [3.8, 4) is 11.5 Å². The van der Waals surface area contributed by atoms with Gasteiger partial charge < -0.3 is 24.5 Å². The van der Waals surface area contributed by atoms with Crippen LogP contribution in [-0.2, 0) is 13.0 Å². The van der Waals surface area contributed by atoms with Gasteiger partial charge in [-0.1, -0.05) is 29.4 Å². The fourth-order valence-electron chi connectivity index (χ4n) is 3.81. The Kier molecular flexibility index (Phi) is 5.35. The van der Waals surface area contributed by atoms with Crippen LogP contribution >= 0.6 is 0 Å². The van der Waals surface area contributed by atoms with E-state index in [9.17, 15) is 14.0 Å². The van der Waals surface area contributed by atoms with E-state index in [1.165, 1.54) is 18.4 Å². The second-order valence-electron chi connectivity index (χ2n) is 7.53. The molecule has 4 aromatic rings. The normalized spacial score (nSPS) is 12.8. The van der Waals surface area contributed by atoms with Gasteiger partial charge in [-0.3, -0.25) is 4.79 Å². The number of para-hydroxylation sites is 1. The van der Waals surface area contributed by atoms with Crippen LogP contribution in [0.4, 0.5) is 20.6 Å². The van der Waals surface area contributed by atoms with Crippen molar-refractivity contribution >= 4 is 23.3 Å². The summed E-state index contributed by atoms with van der Waals surface area (Å²) < 4.78 is 24.3. The number of aromatic nitrogens is 1. The van der Waals surface area contributed by atoms with Crippen molar-refractivity contribution in [1.82, 2.24) is 10.1 Å². The van der Waals surface area contributed by atoms with Gasteiger partial charge >= 0.3 is 6.03 Å². The molecule has 0 saturated carbocycles. The zero-order valence-electron chi connectivity index (χ0n) is 17.4. The lowest BCUT2D eigenvalue weighted by Gasteiger charge is -2.29. The van der Waals surface area contributed by atoms with Gasteiger partial charge in [0.25, 0.3) is 5.91 Å². The highest BCUT2D eigenvalue weighted by Crippen LogP contribution is 2.28. The first-order valence-electron chi connectivity index (χ1n) is 10.3. The molecule has 2 aromatic carbocycles. The zero-order valence-corrected chi connectivity index (χ0v) is 17.4. The summed E-state index contributed by atoms with van der Waals surface area (Å²) in [5.41, 5.74) is 2.76. The largest absolute Gasteiger partial charge is 0.461 e. The first kappa shape index (κ1) is 20.5. The number of carbonyl (C=O) groups is 2. The summed E-state index contributed by atoms with van der Waals surface area (Å²) >= 11 is 0. The van der Waals surface area contributed by atoms with Gasteiger partial charge in [-0.05, 0) is 47.9 Å². The molecule has 2 aromatic heterocycles. The average molecular weight is 446 g/mol. The van der Waals surface area contributed by atoms with Crippen LogP contribution < -0.4 is 10.6 Å². The monoisotopic (exact) mass is 446 g/mol. The van der Waals surface area contributed by atoms with Crippen LogP contribution in [0, 0.1) is 5.82 Å². The molecule has 0 fully saturated rings. The van der Waals surface area contributed by atoms with Crippen molar-refractivity contribution < 1.29 is 22.9 Å². The minimum absolute atomic E-state index is 0.0955. The third-order valence-electron chi connectivity index (χ3n) is 5.42. The lowest BCUT2D eigenvalue weighted by atomic mass is 9.97. The number of carbonyl (C=O) groups excluding carboxylic acids is 2. The Morgan fingerprint density at radius 1 is 0.970 bits per heavy atom. The molecule has 2 N–H and O–H groups in total. The zero-order chi connectivity index (χ0) is 22.8. The Bertz CT molecular complexity index is 1320. The summed E-state index contributed by atoms with van der Waals surface area (Å²) in [6.45, 7) is 0.809. The molecular weight excluding hydrogens is 427 g/mol. The molecule has 1 aliphatic heterocycles. The molecule has 0 atom stereocenters. The highest BCUT2D eigenvalue weighted by molar-refractivity contribution is 6.00. The maximum atomic E-state index is 13.8. The number of hydrogen-bond acceptors (Lipinski definition) is 5. The topological polar surface area (TPSA) is 101 Å². The number of benzene rings is 2. The van der Waals surface area contributed by atoms with E-state index in [-0.39, 0.29) is 17.3 Å². The maximum Gasteiger partial charge on any atom is 0.323 e. The van der Waals surface area contributed by atoms with Crippen molar-refractivity contribution in [1.29, 1.82) is 0 Å². The number of anilines is 2. The number of urea groups is 1. The Hall–Kier alpha value is -4.40. The molecule has 0 saturated heterocycles. The molecule has 33 heavy (non-hydrogen) atoms. The molecule has 3 amide bonds. The van der Waals surface area contributed by atoms with E-state index in [1.807, 2.05) is 6.07 Å². The first-order valence-corrected chi connectivity index (χ1v) is 10.3. The average Bonchev–Trinajstić information content (AvgIpc) is 3.52. The number of rotatable bonds is 4. The third-order valence-corrected chi connectivity index (χ3v) is 5.42. The van der Waals surface area contributed by atoms with Crippen molar-refractivity contribution in [2.45, 2.75) is 13.0 Å². The first-order chi connectivity index (χ1) is 16.1. The predicted molar refractivity (Wildman–Crippen MR) is 118 cm³/mol. The van der Waals surface area contributed by atoms with Gasteiger partial charge in [0.15, 0.2) is 11.5 Å². The highest BCUT2D eigenvalue weighted by Gasteiger charge is 2.26. The van der Waals surface area contributed by atoms with E-state index in [4.69, 9.17) is 8.94 Å². The molecule has 8 nitrogen and oxygen atoms in total. The number of halogens is 1. The van der Waals surface area contributed by atoms with Crippen LogP contribution in [0.1, 0.15) is 21.6 Å². The van der Waals surface area contributed by atoms with Gasteiger partial charge in [-0.15, -0.1) is 0 Å². The second-order valence-corrected chi connectivity index (χ2v) is 7.53. The van der Waals surface area contributed by atoms with Crippen LogP contribution in [-0.4, -0.2) is 28.5 Å². The summed E-state index contributed by atoms with van der Waals surface area (Å²) in [6.07, 6.45) is 2.06. The summed E-state index contributed by atoms with van der Waals surface area (Å²) in [5, 5.41) is 9.18. The van der Waals surface area contributed by atoms with Crippen LogP contribution in [0.5, 0.6) is 0 Å². The lowest BCUT2D eigenvalue weighted by Crippen LogP contribution is -2.36. The molecule has 0 radical (unpaired) electrons. The lowest BCUT2D eigenvalue weighted by molar-refractivity contribution is 0.0724. The molecule has 0 aliphatic carbocycles. The summed E-state index contributed by atoms with van der Waals surface area (Å²) in [6, 6.07) is 15.9. The summed E-state index contributed by atoms with van der Waals surface area (Å²) in [5.74, 6) is 0.112. The molecule has 0 unspecified atom stereocenters. The van der Waals surface area contributed by atoms with Gasteiger partial charge in [0.05, 0.1) is 12.0 Å². The number of nitrogens with one attached hydrogen (secondary N) is 2. The fraction of sp³-hybridized carbons (Fsp3) is 0.125. The van der Waals surface area contributed by atoms with E-state index in [2.05, 4.69) is 15.8 Å². The fourth-order valence-corrected chi connectivity index (χ4v) is 3.81. The molecule has 1 aliphatic rings. The summed E-state index contributed by atoms with van der Waals surface area (Å²) in [4.78, 5) is 27.0. The molecule has 3 heterocycles. The van der Waals surface area contributed by atoms with Gasteiger partial charge in [0.1, 0.15) is 5.82 Å². The van der Waals surface area contributed by atoms with E-state index in [1.54, 1.807) is 47.4 Å². The highest BCUT2D eigenvalue weighted by atomic mass is 19.1. The van der Waals surface area contributed by atoms with Crippen LogP contribution in [0.3, 0.4) is 0 Å². The quantitative estimate of drug-likeness (QED) is 0.464. The Balaban J connectivity index is 1.28. The Morgan fingerprint density at radius 2 is 1.79 bits per heavy atom. The van der Waals surface area contributed by atoms with Crippen LogP contribution in [0.2, 0.25) is 0 Å². The Labute approximate surface area is 188 Å². The standard InChI is InChI=1S/C24H19FN4O4/c25-17-6-1-2-7-19(17)27-24(31)26-18-8-3-5-15-14-29(11-10-16(15)18)23(30)20-13-22(33-28-20)21-9-4-12-32-21/h1-9,12-13H,10-11,14H2,(H2,26,27,31). The van der Waals surface area contributed by atoms with Crippen LogP contribution in [0.25, 0.3) is 11.5 Å². The van der Waals surface area contributed by atoms with E-state index < -0.39 is 11.8 Å². The van der Waals surface area contributed by atoms with Crippen molar-refractivity contribution in [2.75, 3.05) is 17.2 Å². The second kappa shape index (κ2) is 8.62. The maximum absolute atomic E-state index is 13.8. The summed E-state index contributed by atoms with van der Waals surface area (Å²) in [7, 11) is 0. The number of fused-ring (bicyclic) bond motifs is 1. The third kappa shape index (κ3) is 4.20. The molecule has 9 heteroatoms. The SMILES string of the molecule is O=C(Nc1ccccc1F)Nc1cccc2c1CCN(C(=O)c1cc(-c3ccco3)on1)C2. The van der Waals surface area contributed by atoms with Crippen molar-refractivity contribution in [3.63, 3.8) is 0 Å². The van der Waals surface area contributed by atoms with Gasteiger partial charge in [-0.25, -0.2) is 9.18 Å². The predicted octanol–water partition coefficient (Wildman–Crippen LogP) is 4.92. The minimum atomic E-state index is -0.542.